The third-order valence-electron chi connectivity index (χ3n) is 1.85. The van der Waals surface area contributed by atoms with E-state index >= 15 is 0 Å². The molecule has 2 N–H and O–H groups in total. The fraction of sp³-hybridized carbons (Fsp3) is 0.889. The van der Waals surface area contributed by atoms with E-state index in [-0.39, 0.29) is 32.0 Å². The summed E-state index contributed by atoms with van der Waals surface area (Å²) in [5, 5.41) is 11.1. The summed E-state index contributed by atoms with van der Waals surface area (Å²) in [5.74, 6) is -0.285. The summed E-state index contributed by atoms with van der Waals surface area (Å²) < 4.78 is 36.2. The molecule has 0 radical (unpaired) electrons. The molecule has 0 fully saturated rings. The van der Waals surface area contributed by atoms with Gasteiger partial charge in [-0.05, 0) is 6.92 Å². The highest BCUT2D eigenvalue weighted by Gasteiger charge is 2.30. The highest BCUT2D eigenvalue weighted by Crippen LogP contribution is 2.16. The molecule has 4 nitrogen and oxygen atoms in total. The summed E-state index contributed by atoms with van der Waals surface area (Å²) in [6, 6.07) is 0. The van der Waals surface area contributed by atoms with Crippen LogP contribution >= 0.6 is 0 Å². The molecular formula is C9H17F3N2O2. The molecule has 0 atom stereocenters. The minimum atomic E-state index is -4.31. The molecule has 7 heteroatoms. The van der Waals surface area contributed by atoms with Gasteiger partial charge in [0.2, 0.25) is 5.91 Å². The second kappa shape index (κ2) is 7.45. The van der Waals surface area contributed by atoms with Crippen LogP contribution in [0, 0.1) is 0 Å². The Labute approximate surface area is 92.4 Å². The van der Waals surface area contributed by atoms with E-state index in [1.807, 2.05) is 0 Å². The molecule has 0 aliphatic rings. The SMILES string of the molecule is CCNC(=O)CCN(CCO)CC(F)(F)F. The zero-order valence-corrected chi connectivity index (χ0v) is 9.18. The number of nitrogens with zero attached hydrogens (tertiary/aromatic N) is 1. The first-order chi connectivity index (χ1) is 7.39. The predicted octanol–water partition coefficient (Wildman–Crippen LogP) is 0.369. The van der Waals surface area contributed by atoms with Crippen LogP contribution in [0.1, 0.15) is 13.3 Å². The molecule has 96 valence electrons. The molecule has 16 heavy (non-hydrogen) atoms. The van der Waals surface area contributed by atoms with Crippen molar-refractivity contribution < 1.29 is 23.1 Å². The summed E-state index contributed by atoms with van der Waals surface area (Å²) in [6.07, 6.45) is -4.31. The number of hydrogen-bond acceptors (Lipinski definition) is 3. The number of halogens is 3. The molecule has 0 aliphatic heterocycles. The third kappa shape index (κ3) is 8.49. The lowest BCUT2D eigenvalue weighted by Gasteiger charge is -2.22. The lowest BCUT2D eigenvalue weighted by atomic mass is 10.3. The number of aliphatic hydroxyl groups is 1. The lowest BCUT2D eigenvalue weighted by Crippen LogP contribution is -2.38. The molecule has 0 bridgehead atoms. The van der Waals surface area contributed by atoms with Crippen molar-refractivity contribution in [2.24, 2.45) is 0 Å². The summed E-state index contributed by atoms with van der Waals surface area (Å²) >= 11 is 0. The minimum Gasteiger partial charge on any atom is -0.395 e. The molecule has 1 amide bonds. The van der Waals surface area contributed by atoms with Gasteiger partial charge in [0.15, 0.2) is 0 Å². The van der Waals surface area contributed by atoms with Crippen molar-refractivity contribution in [3.05, 3.63) is 0 Å². The van der Waals surface area contributed by atoms with Crippen molar-refractivity contribution in [3.63, 3.8) is 0 Å². The molecule has 0 saturated carbocycles. The molecule has 0 spiro atoms. The Kier molecular flexibility index (Phi) is 7.07. The predicted molar refractivity (Wildman–Crippen MR) is 52.9 cm³/mol. The first-order valence-electron chi connectivity index (χ1n) is 5.05. The Morgan fingerprint density at radius 3 is 2.44 bits per heavy atom. The molecule has 0 unspecified atom stereocenters. The zero-order chi connectivity index (χ0) is 12.6. The molecule has 0 saturated heterocycles. The largest absolute Gasteiger partial charge is 0.401 e. The van der Waals surface area contributed by atoms with Crippen LogP contribution in [0.4, 0.5) is 13.2 Å². The van der Waals surface area contributed by atoms with E-state index in [1.165, 1.54) is 0 Å². The number of hydrogen-bond donors (Lipinski definition) is 2. The van der Waals surface area contributed by atoms with Crippen LogP contribution in [-0.4, -0.2) is 54.9 Å². The molecule has 0 heterocycles. The van der Waals surface area contributed by atoms with E-state index in [9.17, 15) is 18.0 Å². The van der Waals surface area contributed by atoms with Crippen LogP contribution in [0.25, 0.3) is 0 Å². The standard InChI is InChI=1S/C9H17F3N2O2/c1-2-13-8(16)3-4-14(5-6-15)7-9(10,11)12/h15H,2-7H2,1H3,(H,13,16). The van der Waals surface area contributed by atoms with Gasteiger partial charge in [-0.1, -0.05) is 0 Å². The molecular weight excluding hydrogens is 225 g/mol. The number of aliphatic hydroxyl groups excluding tert-OH is 1. The number of amides is 1. The number of carbonyl (C=O) groups excluding carboxylic acids is 1. The van der Waals surface area contributed by atoms with Gasteiger partial charge in [-0.25, -0.2) is 0 Å². The third-order valence-corrected chi connectivity index (χ3v) is 1.85. The Morgan fingerprint density at radius 1 is 1.38 bits per heavy atom. The zero-order valence-electron chi connectivity index (χ0n) is 9.18. The van der Waals surface area contributed by atoms with Gasteiger partial charge in [-0.15, -0.1) is 0 Å². The molecule has 0 aromatic carbocycles. The first-order valence-corrected chi connectivity index (χ1v) is 5.05. The van der Waals surface area contributed by atoms with E-state index in [2.05, 4.69) is 5.32 Å². The summed E-state index contributed by atoms with van der Waals surface area (Å²) in [7, 11) is 0. The number of nitrogens with one attached hydrogen (secondary N) is 1. The molecule has 0 aromatic rings. The molecule has 0 aliphatic carbocycles. The van der Waals surface area contributed by atoms with Crippen molar-refractivity contribution in [2.45, 2.75) is 19.5 Å². The van der Waals surface area contributed by atoms with Crippen molar-refractivity contribution >= 4 is 5.91 Å². The Hall–Kier alpha value is -0.820. The van der Waals surface area contributed by atoms with Crippen LogP contribution in [-0.2, 0) is 4.79 Å². The van der Waals surface area contributed by atoms with Gasteiger partial charge < -0.3 is 10.4 Å². The Morgan fingerprint density at radius 2 is 2.00 bits per heavy atom. The first kappa shape index (κ1) is 15.2. The smallest absolute Gasteiger partial charge is 0.395 e. The van der Waals surface area contributed by atoms with Crippen LogP contribution < -0.4 is 5.32 Å². The quantitative estimate of drug-likeness (QED) is 0.678. The van der Waals surface area contributed by atoms with Crippen molar-refractivity contribution in [1.82, 2.24) is 10.2 Å². The second-order valence-corrected chi connectivity index (χ2v) is 3.32. The maximum Gasteiger partial charge on any atom is 0.401 e. The van der Waals surface area contributed by atoms with Crippen LogP contribution in [0.3, 0.4) is 0 Å². The minimum absolute atomic E-state index is 0.00389. The van der Waals surface area contributed by atoms with Gasteiger partial charge in [0.1, 0.15) is 0 Å². The summed E-state index contributed by atoms with van der Waals surface area (Å²) in [6.45, 7) is 0.639. The van der Waals surface area contributed by atoms with E-state index in [4.69, 9.17) is 5.11 Å². The van der Waals surface area contributed by atoms with E-state index in [1.54, 1.807) is 6.92 Å². The fourth-order valence-corrected chi connectivity index (χ4v) is 1.21. The van der Waals surface area contributed by atoms with Gasteiger partial charge >= 0.3 is 6.18 Å². The monoisotopic (exact) mass is 242 g/mol. The maximum atomic E-state index is 12.1. The lowest BCUT2D eigenvalue weighted by molar-refractivity contribution is -0.148. The Bertz CT molecular complexity index is 209. The fourth-order valence-electron chi connectivity index (χ4n) is 1.21. The molecule has 0 aromatic heterocycles. The average molecular weight is 242 g/mol. The van der Waals surface area contributed by atoms with Gasteiger partial charge in [-0.2, -0.15) is 13.2 Å². The van der Waals surface area contributed by atoms with Gasteiger partial charge in [0, 0.05) is 26.1 Å². The highest BCUT2D eigenvalue weighted by molar-refractivity contribution is 5.75. The van der Waals surface area contributed by atoms with Gasteiger partial charge in [0.25, 0.3) is 0 Å². The van der Waals surface area contributed by atoms with Gasteiger partial charge in [0.05, 0.1) is 13.2 Å². The second-order valence-electron chi connectivity index (χ2n) is 3.32. The van der Waals surface area contributed by atoms with Crippen LogP contribution in [0.2, 0.25) is 0 Å². The maximum absolute atomic E-state index is 12.1. The molecule has 0 rings (SSSR count). The normalized spacial score (nSPS) is 11.9. The van der Waals surface area contributed by atoms with Crippen molar-refractivity contribution in [3.8, 4) is 0 Å². The van der Waals surface area contributed by atoms with Crippen molar-refractivity contribution in [1.29, 1.82) is 0 Å². The topological polar surface area (TPSA) is 52.6 Å². The van der Waals surface area contributed by atoms with Crippen LogP contribution in [0.15, 0.2) is 0 Å². The number of alkyl halides is 3. The van der Waals surface area contributed by atoms with E-state index < -0.39 is 12.7 Å². The number of rotatable bonds is 7. The number of carbonyl (C=O) groups is 1. The van der Waals surface area contributed by atoms with E-state index in [0.29, 0.717) is 6.54 Å². The van der Waals surface area contributed by atoms with Crippen molar-refractivity contribution in [2.75, 3.05) is 32.8 Å². The van der Waals surface area contributed by atoms with Crippen LogP contribution in [0.5, 0.6) is 0 Å². The summed E-state index contributed by atoms with van der Waals surface area (Å²) in [5.41, 5.74) is 0. The summed E-state index contributed by atoms with van der Waals surface area (Å²) in [4.78, 5) is 12.0. The highest BCUT2D eigenvalue weighted by atomic mass is 19.4. The Balaban J connectivity index is 3.98. The average Bonchev–Trinajstić information content (AvgIpc) is 2.13. The van der Waals surface area contributed by atoms with E-state index in [0.717, 1.165) is 4.90 Å². The van der Waals surface area contributed by atoms with Gasteiger partial charge in [-0.3, -0.25) is 9.69 Å².